The van der Waals surface area contributed by atoms with E-state index in [2.05, 4.69) is 10.3 Å². The molecule has 1 aromatic heterocycles. The van der Waals surface area contributed by atoms with Gasteiger partial charge in [0.2, 0.25) is 5.91 Å². The summed E-state index contributed by atoms with van der Waals surface area (Å²) in [6, 6.07) is 6.73. The number of amides is 1. The number of carbonyl (C=O) groups excluding carboxylic acids is 1. The predicted octanol–water partition coefficient (Wildman–Crippen LogP) is 4.37. The number of anilines is 1. The number of nitrogens with two attached hydrogens (primary N) is 1. The van der Waals surface area contributed by atoms with Crippen LogP contribution in [0, 0.1) is 0 Å². The first-order valence-electron chi connectivity index (χ1n) is 7.46. The zero-order valence-corrected chi connectivity index (χ0v) is 15.1. The number of aromatic nitrogens is 1. The molecule has 1 heterocycles. The van der Waals surface area contributed by atoms with Crippen LogP contribution in [0.4, 0.5) is 18.9 Å². The molecule has 1 amide bonds. The molecule has 0 aliphatic rings. The van der Waals surface area contributed by atoms with Gasteiger partial charge in [0, 0.05) is 17.5 Å². The van der Waals surface area contributed by atoms with E-state index in [1.165, 1.54) is 0 Å². The quantitative estimate of drug-likeness (QED) is 0.716. The molecule has 4 nitrogen and oxygen atoms in total. The van der Waals surface area contributed by atoms with E-state index in [0.29, 0.717) is 18.5 Å². The monoisotopic (exact) mass is 393 g/mol. The second-order valence-corrected chi connectivity index (χ2v) is 6.19. The third-order valence-electron chi connectivity index (χ3n) is 3.53. The molecule has 0 saturated carbocycles. The SMILES string of the molecule is CCC(NC(=O)CCc1ccccc1N)c1nc(C(F)(F)F)cs1.Cl. The number of benzene rings is 1. The van der Waals surface area contributed by atoms with Gasteiger partial charge in [0.1, 0.15) is 5.01 Å². The molecule has 0 fully saturated rings. The van der Waals surface area contributed by atoms with Gasteiger partial charge in [-0.2, -0.15) is 13.2 Å². The number of para-hydroxylation sites is 1. The Labute approximate surface area is 154 Å². The van der Waals surface area contributed by atoms with Gasteiger partial charge in [0.05, 0.1) is 6.04 Å². The number of halogens is 4. The molecule has 0 radical (unpaired) electrons. The van der Waals surface area contributed by atoms with Gasteiger partial charge in [-0.1, -0.05) is 25.1 Å². The number of aryl methyl sites for hydroxylation is 1. The van der Waals surface area contributed by atoms with Crippen LogP contribution in [-0.4, -0.2) is 10.9 Å². The van der Waals surface area contributed by atoms with E-state index in [1.54, 1.807) is 13.0 Å². The Morgan fingerprint density at radius 2 is 2.04 bits per heavy atom. The lowest BCUT2D eigenvalue weighted by atomic mass is 10.1. The second-order valence-electron chi connectivity index (χ2n) is 5.30. The molecule has 1 unspecified atom stereocenters. The molecule has 2 rings (SSSR count). The van der Waals surface area contributed by atoms with Crippen molar-refractivity contribution in [1.29, 1.82) is 0 Å². The molecular formula is C16H19ClF3N3OS. The Hall–Kier alpha value is -1.80. The van der Waals surface area contributed by atoms with Crippen molar-refractivity contribution in [2.45, 2.75) is 38.4 Å². The molecule has 25 heavy (non-hydrogen) atoms. The van der Waals surface area contributed by atoms with Gasteiger partial charge in [-0.3, -0.25) is 4.79 Å². The molecule has 1 atom stereocenters. The van der Waals surface area contributed by atoms with Crippen molar-refractivity contribution in [2.75, 3.05) is 5.73 Å². The number of nitrogens with one attached hydrogen (secondary N) is 1. The number of hydrogen-bond acceptors (Lipinski definition) is 4. The molecule has 3 N–H and O–H groups in total. The lowest BCUT2D eigenvalue weighted by Crippen LogP contribution is -2.28. The standard InChI is InChI=1S/C16H18F3N3OS.ClH/c1-2-12(15-22-13(9-24-15)16(17,18)19)21-14(23)8-7-10-5-3-4-6-11(10)20;/h3-6,9,12H,2,7-8,20H2,1H3,(H,21,23);1H. The summed E-state index contributed by atoms with van der Waals surface area (Å²) in [5.74, 6) is -0.242. The molecule has 0 spiro atoms. The highest BCUT2D eigenvalue weighted by Crippen LogP contribution is 2.32. The maximum atomic E-state index is 12.6. The topological polar surface area (TPSA) is 68.0 Å². The van der Waals surface area contributed by atoms with Crippen LogP contribution in [-0.2, 0) is 17.4 Å². The number of hydrogen-bond donors (Lipinski definition) is 2. The maximum Gasteiger partial charge on any atom is 0.434 e. The van der Waals surface area contributed by atoms with Gasteiger partial charge in [-0.15, -0.1) is 23.7 Å². The maximum absolute atomic E-state index is 12.6. The van der Waals surface area contributed by atoms with E-state index in [9.17, 15) is 18.0 Å². The van der Waals surface area contributed by atoms with Crippen molar-refractivity contribution in [2.24, 2.45) is 0 Å². The Morgan fingerprint density at radius 1 is 1.36 bits per heavy atom. The summed E-state index contributed by atoms with van der Waals surface area (Å²) in [5, 5.41) is 3.97. The number of thiazole rings is 1. The molecule has 0 aliphatic heterocycles. The Kier molecular flexibility index (Phi) is 7.69. The van der Waals surface area contributed by atoms with E-state index in [1.807, 2.05) is 18.2 Å². The summed E-state index contributed by atoms with van der Waals surface area (Å²) < 4.78 is 37.9. The molecule has 0 bridgehead atoms. The summed E-state index contributed by atoms with van der Waals surface area (Å²) in [6.07, 6.45) is -3.32. The largest absolute Gasteiger partial charge is 0.434 e. The number of carbonyl (C=O) groups is 1. The average Bonchev–Trinajstić information content (AvgIpc) is 3.02. The summed E-state index contributed by atoms with van der Waals surface area (Å²) in [7, 11) is 0. The lowest BCUT2D eigenvalue weighted by molar-refractivity contribution is -0.140. The molecular weight excluding hydrogens is 375 g/mol. The first-order chi connectivity index (χ1) is 11.3. The second kappa shape index (κ2) is 9.05. The highest BCUT2D eigenvalue weighted by atomic mass is 35.5. The van der Waals surface area contributed by atoms with Crippen molar-refractivity contribution in [3.8, 4) is 0 Å². The Bertz CT molecular complexity index is 706. The zero-order chi connectivity index (χ0) is 17.7. The first kappa shape index (κ1) is 21.2. The number of alkyl halides is 3. The lowest BCUT2D eigenvalue weighted by Gasteiger charge is -2.15. The van der Waals surface area contributed by atoms with Gasteiger partial charge in [0.25, 0.3) is 0 Å². The van der Waals surface area contributed by atoms with Crippen LogP contribution in [0.3, 0.4) is 0 Å². The Morgan fingerprint density at radius 3 is 2.60 bits per heavy atom. The molecule has 138 valence electrons. The zero-order valence-electron chi connectivity index (χ0n) is 13.5. The highest BCUT2D eigenvalue weighted by Gasteiger charge is 2.34. The van der Waals surface area contributed by atoms with E-state index in [4.69, 9.17) is 5.73 Å². The number of nitrogens with zero attached hydrogens (tertiary/aromatic N) is 1. The smallest absolute Gasteiger partial charge is 0.399 e. The van der Waals surface area contributed by atoms with E-state index < -0.39 is 17.9 Å². The first-order valence-corrected chi connectivity index (χ1v) is 8.34. The minimum atomic E-state index is -4.47. The summed E-state index contributed by atoms with van der Waals surface area (Å²) in [6.45, 7) is 1.79. The normalized spacial score (nSPS) is 12.3. The summed E-state index contributed by atoms with van der Waals surface area (Å²) in [5.41, 5.74) is 6.39. The third-order valence-corrected chi connectivity index (χ3v) is 4.49. The molecule has 0 aliphatic carbocycles. The van der Waals surface area contributed by atoms with Crippen LogP contribution >= 0.6 is 23.7 Å². The molecule has 2 aromatic rings. The fourth-order valence-corrected chi connectivity index (χ4v) is 3.15. The third kappa shape index (κ3) is 5.89. The van der Waals surface area contributed by atoms with E-state index in [0.717, 1.165) is 22.3 Å². The van der Waals surface area contributed by atoms with Gasteiger partial charge in [-0.25, -0.2) is 4.98 Å². The predicted molar refractivity (Wildman–Crippen MR) is 94.7 cm³/mol. The van der Waals surface area contributed by atoms with Crippen molar-refractivity contribution < 1.29 is 18.0 Å². The van der Waals surface area contributed by atoms with Crippen molar-refractivity contribution in [3.63, 3.8) is 0 Å². The van der Waals surface area contributed by atoms with Crippen LogP contribution in [0.1, 0.15) is 42.1 Å². The van der Waals surface area contributed by atoms with Crippen molar-refractivity contribution in [3.05, 3.63) is 45.9 Å². The number of rotatable bonds is 6. The summed E-state index contributed by atoms with van der Waals surface area (Å²) >= 11 is 0.902. The minimum Gasteiger partial charge on any atom is -0.399 e. The van der Waals surface area contributed by atoms with E-state index in [-0.39, 0.29) is 29.7 Å². The van der Waals surface area contributed by atoms with Gasteiger partial charge in [-0.05, 0) is 24.5 Å². The molecule has 1 aromatic carbocycles. The van der Waals surface area contributed by atoms with Crippen LogP contribution < -0.4 is 11.1 Å². The fourth-order valence-electron chi connectivity index (χ4n) is 2.19. The van der Waals surface area contributed by atoms with Crippen LogP contribution in [0.25, 0.3) is 0 Å². The highest BCUT2D eigenvalue weighted by molar-refractivity contribution is 7.09. The summed E-state index contributed by atoms with van der Waals surface area (Å²) in [4.78, 5) is 15.7. The van der Waals surface area contributed by atoms with Crippen LogP contribution in [0.15, 0.2) is 29.6 Å². The number of nitrogen functional groups attached to an aromatic ring is 1. The Balaban J connectivity index is 0.00000312. The van der Waals surface area contributed by atoms with E-state index >= 15 is 0 Å². The van der Waals surface area contributed by atoms with Gasteiger partial charge >= 0.3 is 6.18 Å². The van der Waals surface area contributed by atoms with Gasteiger partial charge in [0.15, 0.2) is 5.69 Å². The van der Waals surface area contributed by atoms with Crippen LogP contribution in [0.5, 0.6) is 0 Å². The average molecular weight is 394 g/mol. The van der Waals surface area contributed by atoms with Crippen molar-refractivity contribution in [1.82, 2.24) is 10.3 Å². The van der Waals surface area contributed by atoms with Crippen LogP contribution in [0.2, 0.25) is 0 Å². The van der Waals surface area contributed by atoms with Crippen molar-refractivity contribution >= 4 is 35.3 Å². The van der Waals surface area contributed by atoms with Gasteiger partial charge < -0.3 is 11.1 Å². The fraction of sp³-hybridized carbons (Fsp3) is 0.375. The molecule has 9 heteroatoms. The minimum absolute atomic E-state index is 0. The molecule has 0 saturated heterocycles.